The van der Waals surface area contributed by atoms with Crippen LogP contribution < -0.4 is 5.32 Å². The molecule has 1 fully saturated rings. The van der Waals surface area contributed by atoms with Gasteiger partial charge in [-0.05, 0) is 38.4 Å². The lowest BCUT2D eigenvalue weighted by Crippen LogP contribution is -2.41. The second-order valence-corrected chi connectivity index (χ2v) is 7.36. The van der Waals surface area contributed by atoms with Crippen molar-refractivity contribution >= 4 is 10.8 Å². The number of hydrogen-bond acceptors (Lipinski definition) is 3. The Kier molecular flexibility index (Phi) is 6.67. The lowest BCUT2D eigenvalue weighted by atomic mass is 10.0. The summed E-state index contributed by atoms with van der Waals surface area (Å²) in [6, 6.07) is 0.611. The molecule has 0 aromatic rings. The molecular formula is C13H28N2OS. The van der Waals surface area contributed by atoms with Crippen molar-refractivity contribution in [1.29, 1.82) is 0 Å². The Balaban J connectivity index is 2.38. The predicted octanol–water partition coefficient (Wildman–Crippen LogP) is 1.46. The normalized spacial score (nSPS) is 26.8. The summed E-state index contributed by atoms with van der Waals surface area (Å²) >= 11 is 0. The van der Waals surface area contributed by atoms with Crippen molar-refractivity contribution < 1.29 is 4.21 Å². The third-order valence-electron chi connectivity index (χ3n) is 3.74. The van der Waals surface area contributed by atoms with E-state index in [1.165, 1.54) is 13.0 Å². The Bertz CT molecular complexity index is 246. The molecule has 3 nitrogen and oxygen atoms in total. The van der Waals surface area contributed by atoms with Gasteiger partial charge in [0.15, 0.2) is 0 Å². The largest absolute Gasteiger partial charge is 0.312 e. The van der Waals surface area contributed by atoms with Gasteiger partial charge in [-0.3, -0.25) is 4.21 Å². The number of rotatable bonds is 5. The number of nitrogens with zero attached hydrogens (tertiary/aromatic N) is 1. The molecular weight excluding hydrogens is 232 g/mol. The van der Waals surface area contributed by atoms with Gasteiger partial charge in [-0.15, -0.1) is 0 Å². The van der Waals surface area contributed by atoms with Gasteiger partial charge in [-0.25, -0.2) is 0 Å². The molecule has 3 unspecified atom stereocenters. The zero-order chi connectivity index (χ0) is 12.8. The molecule has 0 radical (unpaired) electrons. The maximum Gasteiger partial charge on any atom is 0.0329 e. The van der Waals surface area contributed by atoms with Crippen LogP contribution >= 0.6 is 0 Å². The van der Waals surface area contributed by atoms with Crippen LogP contribution in [-0.4, -0.2) is 52.8 Å². The second-order valence-electron chi connectivity index (χ2n) is 5.56. The van der Waals surface area contributed by atoms with Crippen molar-refractivity contribution in [2.45, 2.75) is 44.9 Å². The Labute approximate surface area is 109 Å². The molecule has 0 amide bonds. The molecule has 4 heteroatoms. The van der Waals surface area contributed by atoms with Crippen molar-refractivity contribution in [1.82, 2.24) is 10.2 Å². The Morgan fingerprint density at radius 2 is 2.12 bits per heavy atom. The number of nitrogens with one attached hydrogen (secondary N) is 1. The monoisotopic (exact) mass is 260 g/mol. The third-order valence-corrected chi connectivity index (χ3v) is 5.10. The van der Waals surface area contributed by atoms with Gasteiger partial charge in [0, 0.05) is 34.9 Å². The molecule has 1 aliphatic heterocycles. The topological polar surface area (TPSA) is 32.3 Å². The summed E-state index contributed by atoms with van der Waals surface area (Å²) in [4.78, 5) is 2.54. The van der Waals surface area contributed by atoms with Gasteiger partial charge >= 0.3 is 0 Å². The van der Waals surface area contributed by atoms with Crippen molar-refractivity contribution in [3.05, 3.63) is 0 Å². The van der Waals surface area contributed by atoms with Crippen LogP contribution in [0.25, 0.3) is 0 Å². The minimum atomic E-state index is -0.679. The first-order valence-corrected chi connectivity index (χ1v) is 8.40. The Hall–Kier alpha value is 0.0700. The first kappa shape index (κ1) is 15.1. The van der Waals surface area contributed by atoms with Crippen LogP contribution in [0.4, 0.5) is 0 Å². The minimum Gasteiger partial charge on any atom is -0.312 e. The van der Waals surface area contributed by atoms with E-state index in [9.17, 15) is 4.21 Å². The molecule has 0 spiro atoms. The Morgan fingerprint density at radius 3 is 2.71 bits per heavy atom. The molecule has 1 N–H and O–H groups in total. The van der Waals surface area contributed by atoms with E-state index < -0.39 is 10.8 Å². The summed E-state index contributed by atoms with van der Waals surface area (Å²) in [7, 11) is -0.679. The van der Waals surface area contributed by atoms with Crippen LogP contribution in [0.15, 0.2) is 0 Å². The summed E-state index contributed by atoms with van der Waals surface area (Å²) in [6.07, 6.45) is 4.09. The zero-order valence-electron chi connectivity index (χ0n) is 11.7. The van der Waals surface area contributed by atoms with Crippen LogP contribution in [-0.2, 0) is 10.8 Å². The van der Waals surface area contributed by atoms with E-state index in [0.717, 1.165) is 26.1 Å². The van der Waals surface area contributed by atoms with Crippen molar-refractivity contribution in [3.63, 3.8) is 0 Å². The van der Waals surface area contributed by atoms with Crippen LogP contribution in [0.1, 0.15) is 33.6 Å². The second kappa shape index (κ2) is 7.49. The van der Waals surface area contributed by atoms with Crippen molar-refractivity contribution in [2.24, 2.45) is 5.92 Å². The maximum atomic E-state index is 11.3. The first-order valence-electron chi connectivity index (χ1n) is 6.78. The third kappa shape index (κ3) is 5.49. The highest BCUT2D eigenvalue weighted by atomic mass is 32.2. The molecule has 102 valence electrons. The zero-order valence-corrected chi connectivity index (χ0v) is 12.6. The molecule has 1 rings (SSSR count). The predicted molar refractivity (Wildman–Crippen MR) is 75.8 cm³/mol. The molecule has 0 aromatic heterocycles. The van der Waals surface area contributed by atoms with E-state index in [2.05, 4.69) is 31.0 Å². The maximum absolute atomic E-state index is 11.3. The first-order chi connectivity index (χ1) is 8.00. The van der Waals surface area contributed by atoms with E-state index in [1.807, 2.05) is 6.26 Å². The van der Waals surface area contributed by atoms with E-state index in [4.69, 9.17) is 0 Å². The highest BCUT2D eigenvalue weighted by Gasteiger charge is 2.20. The molecule has 0 bridgehead atoms. The molecule has 0 aliphatic carbocycles. The van der Waals surface area contributed by atoms with Gasteiger partial charge in [-0.2, -0.15) is 0 Å². The highest BCUT2D eigenvalue weighted by molar-refractivity contribution is 7.84. The van der Waals surface area contributed by atoms with E-state index in [0.29, 0.717) is 17.2 Å². The fourth-order valence-electron chi connectivity index (χ4n) is 2.20. The van der Waals surface area contributed by atoms with E-state index in [-0.39, 0.29) is 0 Å². The smallest absolute Gasteiger partial charge is 0.0329 e. The summed E-state index contributed by atoms with van der Waals surface area (Å²) < 4.78 is 11.3. The van der Waals surface area contributed by atoms with Gasteiger partial charge in [0.05, 0.1) is 0 Å². The van der Waals surface area contributed by atoms with Gasteiger partial charge in [0.1, 0.15) is 0 Å². The fraction of sp³-hybridized carbons (Fsp3) is 1.00. The van der Waals surface area contributed by atoms with Crippen molar-refractivity contribution in [3.8, 4) is 0 Å². The SMILES string of the molecule is CC(C)C1CN(CCC(C)S(C)=O)CCCN1. The highest BCUT2D eigenvalue weighted by Crippen LogP contribution is 2.10. The van der Waals surface area contributed by atoms with Crippen LogP contribution in [0.3, 0.4) is 0 Å². The summed E-state index contributed by atoms with van der Waals surface area (Å²) in [6.45, 7) is 11.2. The molecule has 3 atom stereocenters. The number of hydrogen-bond donors (Lipinski definition) is 1. The molecule has 1 saturated heterocycles. The molecule has 0 saturated carbocycles. The molecule has 0 aromatic carbocycles. The van der Waals surface area contributed by atoms with Crippen LogP contribution in [0, 0.1) is 5.92 Å². The average Bonchev–Trinajstić information content (AvgIpc) is 2.50. The summed E-state index contributed by atoms with van der Waals surface area (Å²) in [5.74, 6) is 0.688. The average molecular weight is 260 g/mol. The van der Waals surface area contributed by atoms with Gasteiger partial charge in [0.2, 0.25) is 0 Å². The minimum absolute atomic E-state index is 0.323. The van der Waals surface area contributed by atoms with Crippen LogP contribution in [0.2, 0.25) is 0 Å². The standard InChI is InChI=1S/C13H28N2OS/c1-11(2)13-10-15(8-5-7-14-13)9-6-12(3)17(4)16/h11-14H,5-10H2,1-4H3. The lowest BCUT2D eigenvalue weighted by Gasteiger charge is -2.27. The van der Waals surface area contributed by atoms with Crippen molar-refractivity contribution in [2.75, 3.05) is 32.4 Å². The van der Waals surface area contributed by atoms with Gasteiger partial charge in [0.25, 0.3) is 0 Å². The molecule has 1 aliphatic rings. The van der Waals surface area contributed by atoms with Crippen LogP contribution in [0.5, 0.6) is 0 Å². The lowest BCUT2D eigenvalue weighted by molar-refractivity contribution is 0.243. The molecule has 17 heavy (non-hydrogen) atoms. The molecule has 1 heterocycles. The quantitative estimate of drug-likeness (QED) is 0.812. The fourth-order valence-corrected chi connectivity index (χ4v) is 2.64. The van der Waals surface area contributed by atoms with E-state index >= 15 is 0 Å². The van der Waals surface area contributed by atoms with Gasteiger partial charge < -0.3 is 10.2 Å². The summed E-state index contributed by atoms with van der Waals surface area (Å²) in [5.41, 5.74) is 0. The Morgan fingerprint density at radius 1 is 1.41 bits per heavy atom. The van der Waals surface area contributed by atoms with E-state index in [1.54, 1.807) is 0 Å². The summed E-state index contributed by atoms with van der Waals surface area (Å²) in [5, 5.41) is 3.94. The van der Waals surface area contributed by atoms with Gasteiger partial charge in [-0.1, -0.05) is 20.8 Å².